The van der Waals surface area contributed by atoms with Crippen LogP contribution in [0.2, 0.25) is 0 Å². The first-order chi connectivity index (χ1) is 10.9. The summed E-state index contributed by atoms with van der Waals surface area (Å²) in [6, 6.07) is 10.5. The normalized spacial score (nSPS) is 19.6. The van der Waals surface area contributed by atoms with Gasteiger partial charge in [0.2, 0.25) is 0 Å². The summed E-state index contributed by atoms with van der Waals surface area (Å²) in [4.78, 5) is 2.39. The second kappa shape index (κ2) is 5.84. The van der Waals surface area contributed by atoms with Gasteiger partial charge in [0, 0.05) is 18.8 Å². The minimum absolute atomic E-state index is 0.659. The van der Waals surface area contributed by atoms with Crippen molar-refractivity contribution >= 4 is 0 Å². The van der Waals surface area contributed by atoms with E-state index in [-0.39, 0.29) is 0 Å². The van der Waals surface area contributed by atoms with Crippen molar-refractivity contribution in [2.75, 3.05) is 13.1 Å². The molecule has 0 radical (unpaired) electrons. The Kier molecular flexibility index (Phi) is 3.55. The summed E-state index contributed by atoms with van der Waals surface area (Å²) in [5.41, 5.74) is 4.04. The smallest absolute Gasteiger partial charge is 0.0648 e. The van der Waals surface area contributed by atoms with Gasteiger partial charge in [-0.2, -0.15) is 5.10 Å². The summed E-state index contributed by atoms with van der Waals surface area (Å²) in [6.07, 6.45) is 14.4. The van der Waals surface area contributed by atoms with E-state index in [9.17, 15) is 0 Å². The molecule has 1 atom stereocenters. The number of aromatic nitrogens is 2. The molecule has 1 aromatic heterocycles. The molecule has 1 aliphatic carbocycles. The number of nitrogens with zero attached hydrogens (tertiary/aromatic N) is 3. The first kappa shape index (κ1) is 13.4. The van der Waals surface area contributed by atoms with E-state index in [2.05, 4.69) is 75.6 Å². The highest BCUT2D eigenvalue weighted by atomic mass is 15.3. The highest BCUT2D eigenvalue weighted by Crippen LogP contribution is 2.36. The summed E-state index contributed by atoms with van der Waals surface area (Å²) in [5.74, 6) is 0.659. The predicted octanol–water partition coefficient (Wildman–Crippen LogP) is 3.68. The van der Waals surface area contributed by atoms with Crippen molar-refractivity contribution in [2.24, 2.45) is 0 Å². The predicted molar refractivity (Wildman–Crippen MR) is 89.1 cm³/mol. The molecule has 3 nitrogen and oxygen atoms in total. The van der Waals surface area contributed by atoms with Crippen molar-refractivity contribution < 1.29 is 0 Å². The molecule has 4 rings (SSSR count). The Morgan fingerprint density at radius 1 is 1.14 bits per heavy atom. The molecule has 2 aliphatic rings. The molecule has 2 aromatic rings. The van der Waals surface area contributed by atoms with Crippen LogP contribution in [0.3, 0.4) is 0 Å². The van der Waals surface area contributed by atoms with Crippen LogP contribution in [0.4, 0.5) is 0 Å². The summed E-state index contributed by atoms with van der Waals surface area (Å²) in [6.45, 7) is 2.17. The van der Waals surface area contributed by atoms with Crippen molar-refractivity contribution in [3.63, 3.8) is 0 Å². The summed E-state index contributed by atoms with van der Waals surface area (Å²) in [5, 5.41) is 4.63. The molecule has 2 heterocycles. The average molecular weight is 291 g/mol. The van der Waals surface area contributed by atoms with Crippen molar-refractivity contribution in [1.29, 1.82) is 0 Å². The monoisotopic (exact) mass is 291 g/mol. The number of hydrogen-bond donors (Lipinski definition) is 0. The number of rotatable bonds is 4. The van der Waals surface area contributed by atoms with Crippen LogP contribution in [0.5, 0.6) is 0 Å². The Labute approximate surface area is 131 Å². The lowest BCUT2D eigenvalue weighted by Crippen LogP contribution is -2.21. The fourth-order valence-corrected chi connectivity index (χ4v) is 3.53. The van der Waals surface area contributed by atoms with Gasteiger partial charge in [-0.05, 0) is 55.2 Å². The first-order valence-corrected chi connectivity index (χ1v) is 8.11. The zero-order chi connectivity index (χ0) is 14.8. The van der Waals surface area contributed by atoms with Crippen molar-refractivity contribution in [3.8, 4) is 5.69 Å². The van der Waals surface area contributed by atoms with Crippen molar-refractivity contribution in [1.82, 2.24) is 14.7 Å². The Bertz CT molecular complexity index is 697. The van der Waals surface area contributed by atoms with E-state index in [0.29, 0.717) is 5.92 Å². The SMILES string of the molecule is C1=CCN(CCC2CCc3c2cnn3-c2ccccc2)C=C1. The lowest BCUT2D eigenvalue weighted by Gasteiger charge is -2.22. The second-order valence-electron chi connectivity index (χ2n) is 6.08. The molecule has 1 aromatic carbocycles. The van der Waals surface area contributed by atoms with Crippen LogP contribution in [0.1, 0.15) is 30.0 Å². The van der Waals surface area contributed by atoms with Crippen LogP contribution >= 0.6 is 0 Å². The molecule has 0 N–H and O–H groups in total. The highest BCUT2D eigenvalue weighted by Gasteiger charge is 2.27. The standard InChI is InChI=1S/C19H21N3/c1-3-7-17(8-4-1)22-19-10-9-16(18(19)15-20-22)11-14-21-12-5-2-6-13-21/h1-8,12,15-16H,9-11,13-14H2. The maximum absolute atomic E-state index is 4.63. The molecule has 0 saturated heterocycles. The molecule has 1 aliphatic heterocycles. The molecule has 0 bridgehead atoms. The molecule has 0 saturated carbocycles. The Hall–Kier alpha value is -2.29. The molecule has 1 unspecified atom stereocenters. The van der Waals surface area contributed by atoms with E-state index in [4.69, 9.17) is 0 Å². The van der Waals surface area contributed by atoms with Gasteiger partial charge in [0.05, 0.1) is 11.9 Å². The zero-order valence-electron chi connectivity index (χ0n) is 12.7. The van der Waals surface area contributed by atoms with Gasteiger partial charge < -0.3 is 4.90 Å². The van der Waals surface area contributed by atoms with Gasteiger partial charge in [-0.3, -0.25) is 0 Å². The molecular weight excluding hydrogens is 270 g/mol. The van der Waals surface area contributed by atoms with E-state index < -0.39 is 0 Å². The molecule has 0 fully saturated rings. The zero-order valence-corrected chi connectivity index (χ0v) is 12.7. The third kappa shape index (κ3) is 2.47. The highest BCUT2D eigenvalue weighted by molar-refractivity contribution is 5.38. The van der Waals surface area contributed by atoms with Gasteiger partial charge in [-0.25, -0.2) is 4.68 Å². The van der Waals surface area contributed by atoms with E-state index in [0.717, 1.165) is 19.5 Å². The van der Waals surface area contributed by atoms with Gasteiger partial charge >= 0.3 is 0 Å². The van der Waals surface area contributed by atoms with Crippen LogP contribution < -0.4 is 0 Å². The number of para-hydroxylation sites is 1. The minimum Gasteiger partial charge on any atom is -0.374 e. The molecule has 3 heteroatoms. The maximum Gasteiger partial charge on any atom is 0.0648 e. The molecule has 22 heavy (non-hydrogen) atoms. The summed E-state index contributed by atoms with van der Waals surface area (Å²) < 4.78 is 2.12. The Balaban J connectivity index is 1.48. The van der Waals surface area contributed by atoms with Gasteiger partial charge in [0.15, 0.2) is 0 Å². The van der Waals surface area contributed by atoms with Crippen LogP contribution in [-0.2, 0) is 6.42 Å². The largest absolute Gasteiger partial charge is 0.374 e. The van der Waals surface area contributed by atoms with Crippen molar-refractivity contribution in [3.05, 3.63) is 72.2 Å². The third-order valence-corrected chi connectivity index (χ3v) is 4.72. The quantitative estimate of drug-likeness (QED) is 0.857. The van der Waals surface area contributed by atoms with Gasteiger partial charge in [-0.15, -0.1) is 0 Å². The number of benzene rings is 1. The van der Waals surface area contributed by atoms with Crippen molar-refractivity contribution in [2.45, 2.75) is 25.2 Å². The van der Waals surface area contributed by atoms with E-state index in [1.165, 1.54) is 29.8 Å². The fourth-order valence-electron chi connectivity index (χ4n) is 3.53. The third-order valence-electron chi connectivity index (χ3n) is 4.72. The first-order valence-electron chi connectivity index (χ1n) is 8.11. The van der Waals surface area contributed by atoms with E-state index >= 15 is 0 Å². The summed E-state index contributed by atoms with van der Waals surface area (Å²) >= 11 is 0. The minimum atomic E-state index is 0.659. The van der Waals surface area contributed by atoms with Crippen LogP contribution in [-0.4, -0.2) is 27.8 Å². The van der Waals surface area contributed by atoms with E-state index in [1.54, 1.807) is 0 Å². The molecule has 0 amide bonds. The van der Waals surface area contributed by atoms with Gasteiger partial charge in [0.25, 0.3) is 0 Å². The number of allylic oxidation sites excluding steroid dienone is 2. The van der Waals surface area contributed by atoms with Gasteiger partial charge in [-0.1, -0.05) is 30.4 Å². The lowest BCUT2D eigenvalue weighted by atomic mass is 10.00. The van der Waals surface area contributed by atoms with Crippen LogP contribution in [0.15, 0.2) is 61.0 Å². The molecule has 112 valence electrons. The van der Waals surface area contributed by atoms with Gasteiger partial charge in [0.1, 0.15) is 0 Å². The van der Waals surface area contributed by atoms with E-state index in [1.807, 2.05) is 0 Å². The maximum atomic E-state index is 4.63. The molecule has 0 spiro atoms. The van der Waals surface area contributed by atoms with Crippen LogP contribution in [0, 0.1) is 0 Å². The Morgan fingerprint density at radius 3 is 2.86 bits per heavy atom. The molecular formula is C19H21N3. The topological polar surface area (TPSA) is 21.1 Å². The number of fused-ring (bicyclic) bond motifs is 1. The lowest BCUT2D eigenvalue weighted by molar-refractivity contribution is 0.383. The summed E-state index contributed by atoms with van der Waals surface area (Å²) in [7, 11) is 0. The Morgan fingerprint density at radius 2 is 2.05 bits per heavy atom. The fraction of sp³-hybridized carbons (Fsp3) is 0.316. The number of hydrogen-bond acceptors (Lipinski definition) is 2. The average Bonchev–Trinajstić information content (AvgIpc) is 3.17. The second-order valence-corrected chi connectivity index (χ2v) is 6.08. The van der Waals surface area contributed by atoms with Crippen LogP contribution in [0.25, 0.3) is 5.69 Å².